The van der Waals surface area contributed by atoms with E-state index < -0.39 is 5.60 Å². The SMILES string of the molecule is Cc1ccc(Oc2ccc(Nc3ncnc4sc5c(c34)CN(C(=O)OC(C)(C)C)C5)cc2Cl)cn1. The van der Waals surface area contributed by atoms with Crippen molar-refractivity contribution in [3.63, 3.8) is 0 Å². The van der Waals surface area contributed by atoms with Crippen LogP contribution in [0, 0.1) is 6.92 Å². The number of aryl methyl sites for hydroxylation is 1. The van der Waals surface area contributed by atoms with Gasteiger partial charge >= 0.3 is 6.09 Å². The van der Waals surface area contributed by atoms with Gasteiger partial charge in [-0.1, -0.05) is 11.6 Å². The van der Waals surface area contributed by atoms with E-state index in [0.29, 0.717) is 35.4 Å². The molecule has 35 heavy (non-hydrogen) atoms. The van der Waals surface area contributed by atoms with Gasteiger partial charge in [0.05, 0.1) is 29.7 Å². The first-order valence-electron chi connectivity index (χ1n) is 11.1. The average molecular weight is 510 g/mol. The predicted octanol–water partition coefficient (Wildman–Crippen LogP) is 6.83. The van der Waals surface area contributed by atoms with Crippen molar-refractivity contribution < 1.29 is 14.3 Å². The van der Waals surface area contributed by atoms with Crippen LogP contribution in [0.15, 0.2) is 42.9 Å². The summed E-state index contributed by atoms with van der Waals surface area (Å²) in [4.78, 5) is 29.4. The van der Waals surface area contributed by atoms with Crippen molar-refractivity contribution in [1.29, 1.82) is 0 Å². The van der Waals surface area contributed by atoms with E-state index in [2.05, 4.69) is 20.3 Å². The number of halogens is 1. The monoisotopic (exact) mass is 509 g/mol. The van der Waals surface area contributed by atoms with Gasteiger partial charge in [-0.15, -0.1) is 11.3 Å². The van der Waals surface area contributed by atoms with Gasteiger partial charge in [-0.3, -0.25) is 9.88 Å². The molecular formula is C25H24ClN5O3S. The van der Waals surface area contributed by atoms with Gasteiger partial charge in [0.2, 0.25) is 0 Å². The number of benzene rings is 1. The normalized spacial score (nSPS) is 13.1. The van der Waals surface area contributed by atoms with Crippen molar-refractivity contribution in [3.05, 3.63) is 64.0 Å². The van der Waals surface area contributed by atoms with Gasteiger partial charge < -0.3 is 14.8 Å². The van der Waals surface area contributed by atoms with Crippen molar-refractivity contribution in [2.45, 2.75) is 46.4 Å². The van der Waals surface area contributed by atoms with Crippen LogP contribution in [0.25, 0.3) is 10.2 Å². The fourth-order valence-corrected chi connectivity index (χ4v) is 5.13. The largest absolute Gasteiger partial charge is 0.454 e. The van der Waals surface area contributed by atoms with Crippen molar-refractivity contribution in [3.8, 4) is 11.5 Å². The van der Waals surface area contributed by atoms with Crippen molar-refractivity contribution in [2.24, 2.45) is 0 Å². The number of nitrogens with one attached hydrogen (secondary N) is 1. The van der Waals surface area contributed by atoms with Crippen LogP contribution >= 0.6 is 22.9 Å². The van der Waals surface area contributed by atoms with Gasteiger partial charge in [0, 0.05) is 21.8 Å². The minimum absolute atomic E-state index is 0.327. The Morgan fingerprint density at radius 2 is 1.97 bits per heavy atom. The molecule has 4 heterocycles. The van der Waals surface area contributed by atoms with Gasteiger partial charge in [-0.25, -0.2) is 14.8 Å². The number of anilines is 2. The first kappa shape index (κ1) is 23.3. The van der Waals surface area contributed by atoms with Gasteiger partial charge in [0.1, 0.15) is 34.1 Å². The Morgan fingerprint density at radius 1 is 1.14 bits per heavy atom. The highest BCUT2D eigenvalue weighted by molar-refractivity contribution is 7.19. The number of pyridine rings is 1. The second-order valence-electron chi connectivity index (χ2n) is 9.25. The molecule has 0 saturated heterocycles. The summed E-state index contributed by atoms with van der Waals surface area (Å²) in [6.45, 7) is 8.45. The van der Waals surface area contributed by atoms with E-state index in [1.54, 1.807) is 34.6 Å². The summed E-state index contributed by atoms with van der Waals surface area (Å²) in [5.41, 5.74) is 2.16. The van der Waals surface area contributed by atoms with Crippen LogP contribution in [0.3, 0.4) is 0 Å². The van der Waals surface area contributed by atoms with Crippen molar-refractivity contribution >= 4 is 50.8 Å². The van der Waals surface area contributed by atoms with Gasteiger partial charge in [-0.2, -0.15) is 0 Å². The van der Waals surface area contributed by atoms with E-state index in [9.17, 15) is 4.79 Å². The summed E-state index contributed by atoms with van der Waals surface area (Å²) in [6, 6.07) is 9.18. The van der Waals surface area contributed by atoms with Crippen LogP contribution in [0.5, 0.6) is 11.5 Å². The Hall–Kier alpha value is -3.43. The van der Waals surface area contributed by atoms with Crippen molar-refractivity contribution in [2.75, 3.05) is 5.32 Å². The summed E-state index contributed by atoms with van der Waals surface area (Å²) in [7, 11) is 0. The number of thiophene rings is 1. The quantitative estimate of drug-likeness (QED) is 0.322. The summed E-state index contributed by atoms with van der Waals surface area (Å²) in [5, 5.41) is 4.71. The van der Waals surface area contributed by atoms with Crippen LogP contribution < -0.4 is 10.1 Å². The number of amides is 1. The topological polar surface area (TPSA) is 89.5 Å². The zero-order valence-corrected chi connectivity index (χ0v) is 21.3. The van der Waals surface area contributed by atoms with Gasteiger partial charge in [0.25, 0.3) is 0 Å². The summed E-state index contributed by atoms with van der Waals surface area (Å²) < 4.78 is 11.4. The molecule has 180 valence electrons. The Morgan fingerprint density at radius 3 is 2.69 bits per heavy atom. The highest BCUT2D eigenvalue weighted by atomic mass is 35.5. The molecule has 10 heteroatoms. The maximum Gasteiger partial charge on any atom is 0.410 e. The smallest absolute Gasteiger partial charge is 0.410 e. The lowest BCUT2D eigenvalue weighted by Gasteiger charge is -2.24. The molecule has 0 atom stereocenters. The molecule has 0 aliphatic carbocycles. The third-order valence-electron chi connectivity index (χ3n) is 5.31. The van der Waals surface area contributed by atoms with E-state index in [1.807, 2.05) is 45.9 Å². The Labute approximate surface area is 211 Å². The molecule has 4 aromatic rings. The Balaban J connectivity index is 1.37. The second-order valence-corrected chi connectivity index (χ2v) is 10.7. The third kappa shape index (κ3) is 5.01. The van der Waals surface area contributed by atoms with Gasteiger partial charge in [-0.05, 0) is 58.0 Å². The van der Waals surface area contributed by atoms with E-state index >= 15 is 0 Å². The molecule has 0 bridgehead atoms. The third-order valence-corrected chi connectivity index (χ3v) is 6.73. The fourth-order valence-electron chi connectivity index (χ4n) is 3.74. The van der Waals surface area contributed by atoms with E-state index in [0.717, 1.165) is 32.0 Å². The number of carbonyl (C=O) groups excluding carboxylic acids is 1. The Bertz CT molecular complexity index is 1420. The number of fused-ring (bicyclic) bond motifs is 3. The molecule has 1 aromatic carbocycles. The molecule has 1 amide bonds. The van der Waals surface area contributed by atoms with E-state index in [4.69, 9.17) is 21.1 Å². The van der Waals surface area contributed by atoms with E-state index in [-0.39, 0.29) is 6.09 Å². The van der Waals surface area contributed by atoms with Crippen LogP contribution in [0.4, 0.5) is 16.3 Å². The molecule has 0 saturated carbocycles. The molecule has 0 spiro atoms. The van der Waals surface area contributed by atoms with Crippen LogP contribution in [-0.4, -0.2) is 31.5 Å². The molecule has 1 aliphatic heterocycles. The molecule has 3 aromatic heterocycles. The van der Waals surface area contributed by atoms with Crippen molar-refractivity contribution in [1.82, 2.24) is 19.9 Å². The maximum atomic E-state index is 12.6. The molecule has 0 radical (unpaired) electrons. The van der Waals surface area contributed by atoms with Crippen LogP contribution in [0.1, 0.15) is 36.9 Å². The molecule has 1 aliphatic rings. The maximum absolute atomic E-state index is 12.6. The molecule has 5 rings (SSSR count). The zero-order valence-electron chi connectivity index (χ0n) is 19.8. The summed E-state index contributed by atoms with van der Waals surface area (Å²) >= 11 is 8.07. The van der Waals surface area contributed by atoms with E-state index in [1.165, 1.54) is 6.33 Å². The number of hydrogen-bond donors (Lipinski definition) is 1. The molecule has 8 nitrogen and oxygen atoms in total. The Kier molecular flexibility index (Phi) is 5.98. The second kappa shape index (κ2) is 8.98. The number of nitrogens with zero attached hydrogens (tertiary/aromatic N) is 4. The standard InChI is InChI=1S/C25H24ClN5O3S/c1-14-5-7-16(10-27-14)33-19-8-6-15(9-18(19)26)30-22-21-17-11-31(24(32)34-25(2,3)4)12-20(17)35-23(21)29-13-28-22/h5-10,13H,11-12H2,1-4H3,(H,28,29,30). The lowest BCUT2D eigenvalue weighted by Crippen LogP contribution is -2.33. The lowest BCUT2D eigenvalue weighted by molar-refractivity contribution is 0.0243. The molecule has 1 N–H and O–H groups in total. The fraction of sp³-hybridized carbons (Fsp3) is 0.280. The predicted molar refractivity (Wildman–Crippen MR) is 137 cm³/mol. The number of ether oxygens (including phenoxy) is 2. The van der Waals surface area contributed by atoms with Crippen LogP contribution in [-0.2, 0) is 17.8 Å². The zero-order chi connectivity index (χ0) is 24.7. The molecular weight excluding hydrogens is 486 g/mol. The number of aromatic nitrogens is 3. The minimum atomic E-state index is -0.546. The molecule has 0 fully saturated rings. The number of carbonyl (C=O) groups is 1. The molecule has 0 unspecified atom stereocenters. The van der Waals surface area contributed by atoms with Crippen LogP contribution in [0.2, 0.25) is 5.02 Å². The summed E-state index contributed by atoms with van der Waals surface area (Å²) in [5.74, 6) is 1.80. The number of rotatable bonds is 4. The highest BCUT2D eigenvalue weighted by Crippen LogP contribution is 2.41. The van der Waals surface area contributed by atoms with Gasteiger partial charge in [0.15, 0.2) is 0 Å². The highest BCUT2D eigenvalue weighted by Gasteiger charge is 2.32. The lowest BCUT2D eigenvalue weighted by atomic mass is 10.2. The first-order chi connectivity index (χ1) is 16.7. The number of hydrogen-bond acceptors (Lipinski definition) is 8. The average Bonchev–Trinajstić information content (AvgIpc) is 3.34. The summed E-state index contributed by atoms with van der Waals surface area (Å²) in [6.07, 6.45) is 2.87. The first-order valence-corrected chi connectivity index (χ1v) is 12.3. The minimum Gasteiger partial charge on any atom is -0.454 e.